The van der Waals surface area contributed by atoms with E-state index in [1.807, 2.05) is 36.9 Å². The first kappa shape index (κ1) is 31.2. The number of hydrogen-bond acceptors (Lipinski definition) is 2. The second kappa shape index (κ2) is 15.5. The number of rotatable bonds is 14. The number of aromatic nitrogens is 2. The van der Waals surface area contributed by atoms with Crippen LogP contribution in [0.5, 0.6) is 0 Å². The summed E-state index contributed by atoms with van der Waals surface area (Å²) < 4.78 is 0. The molecule has 2 nitrogen and oxygen atoms in total. The van der Waals surface area contributed by atoms with Gasteiger partial charge in [0, 0.05) is 30.7 Å². The Kier molecular flexibility index (Phi) is 10.5. The highest BCUT2D eigenvalue weighted by Crippen LogP contribution is 2.52. The molecule has 2 heteroatoms. The number of hydrogen-bond donors (Lipinski definition) is 0. The van der Waals surface area contributed by atoms with Gasteiger partial charge >= 0.3 is 0 Å². The van der Waals surface area contributed by atoms with Crippen molar-refractivity contribution >= 4 is 0 Å². The molecule has 0 amide bonds. The molecule has 46 heavy (non-hydrogen) atoms. The second-order valence-electron chi connectivity index (χ2n) is 12.3. The summed E-state index contributed by atoms with van der Waals surface area (Å²) in [5, 5.41) is 0. The van der Waals surface area contributed by atoms with Gasteiger partial charge in [-0.3, -0.25) is 9.97 Å². The van der Waals surface area contributed by atoms with Crippen LogP contribution >= 0.6 is 0 Å². The Morgan fingerprint density at radius 3 is 1.43 bits per heavy atom. The average molecular weight is 601 g/mol. The van der Waals surface area contributed by atoms with Gasteiger partial charge in [0.05, 0.1) is 5.41 Å². The zero-order valence-electron chi connectivity index (χ0n) is 26.9. The Bertz CT molecular complexity index is 1650. The first-order valence-electron chi connectivity index (χ1n) is 16.9. The van der Waals surface area contributed by atoms with E-state index in [2.05, 4.69) is 138 Å². The zero-order valence-corrected chi connectivity index (χ0v) is 26.9. The first-order valence-corrected chi connectivity index (χ1v) is 16.9. The van der Waals surface area contributed by atoms with Gasteiger partial charge in [0.2, 0.25) is 0 Å². The van der Waals surface area contributed by atoms with Crippen LogP contribution in [0, 0.1) is 0 Å². The molecule has 0 fully saturated rings. The molecule has 0 saturated carbocycles. The lowest BCUT2D eigenvalue weighted by Crippen LogP contribution is -2.37. The van der Waals surface area contributed by atoms with Crippen molar-refractivity contribution in [1.29, 1.82) is 0 Å². The van der Waals surface area contributed by atoms with Crippen molar-refractivity contribution in [3.8, 4) is 22.3 Å². The Morgan fingerprint density at radius 1 is 0.457 bits per heavy atom. The largest absolute Gasteiger partial charge is 0.264 e. The van der Waals surface area contributed by atoms with Crippen LogP contribution in [0.3, 0.4) is 0 Å². The van der Waals surface area contributed by atoms with E-state index < -0.39 is 5.41 Å². The fourth-order valence-corrected chi connectivity index (χ4v) is 7.17. The predicted molar refractivity (Wildman–Crippen MR) is 193 cm³/mol. The molecule has 0 aliphatic rings. The average Bonchev–Trinajstić information content (AvgIpc) is 3.14. The summed E-state index contributed by atoms with van der Waals surface area (Å²) in [6, 6.07) is 49.3. The third-order valence-electron chi connectivity index (χ3n) is 9.47. The number of unbranched alkanes of at least 4 members (excludes halogenated alkanes) is 5. The second-order valence-corrected chi connectivity index (χ2v) is 12.3. The summed E-state index contributed by atoms with van der Waals surface area (Å²) in [6.45, 7) is 2.29. The topological polar surface area (TPSA) is 25.8 Å². The monoisotopic (exact) mass is 600 g/mol. The molecular formula is C44H44N2. The van der Waals surface area contributed by atoms with Crippen molar-refractivity contribution in [2.75, 3.05) is 0 Å². The quantitative estimate of drug-likeness (QED) is 0.0918. The highest BCUT2D eigenvalue weighted by atomic mass is 14.6. The maximum absolute atomic E-state index is 4.38. The lowest BCUT2D eigenvalue weighted by Gasteiger charge is -2.43. The van der Waals surface area contributed by atoms with Crippen LogP contribution in [0.4, 0.5) is 0 Å². The molecule has 2 aromatic heterocycles. The van der Waals surface area contributed by atoms with Gasteiger partial charge in [-0.1, -0.05) is 167 Å². The summed E-state index contributed by atoms with van der Waals surface area (Å²) in [5.41, 5.74) is 9.52. The lowest BCUT2D eigenvalue weighted by atomic mass is 9.58. The first-order chi connectivity index (χ1) is 22.8. The van der Waals surface area contributed by atoms with Crippen molar-refractivity contribution in [1.82, 2.24) is 9.97 Å². The van der Waals surface area contributed by atoms with Crippen LogP contribution in [0.15, 0.2) is 158 Å². The van der Waals surface area contributed by atoms with Crippen LogP contribution < -0.4 is 0 Å². The standard InChI is InChI=1S/C44H44N2/c1-2-3-4-5-6-13-22-43(37-16-9-7-10-17-37)44(40-20-11-8-12-21-40,41-27-23-35(24-28-41)38-18-14-31-45-33-38)42-29-25-36(26-30-42)39-19-15-32-46-34-39/h7-12,14-21,23-34,43H,2-6,13,22H2,1H3. The number of nitrogens with zero attached hydrogens (tertiary/aromatic N) is 2. The summed E-state index contributed by atoms with van der Waals surface area (Å²) in [7, 11) is 0. The SMILES string of the molecule is CCCCCCCCC(c1ccccc1)C(c1ccccc1)(c1ccc(-c2cccnc2)cc1)c1ccc(-c2cccnc2)cc1. The molecule has 2 heterocycles. The summed E-state index contributed by atoms with van der Waals surface area (Å²) in [6.07, 6.45) is 16.3. The molecule has 0 aliphatic carbocycles. The molecule has 4 aromatic carbocycles. The van der Waals surface area contributed by atoms with E-state index in [0.717, 1.165) is 17.5 Å². The molecule has 0 radical (unpaired) electrons. The van der Waals surface area contributed by atoms with E-state index in [1.165, 1.54) is 71.9 Å². The summed E-state index contributed by atoms with van der Waals surface area (Å²) >= 11 is 0. The van der Waals surface area contributed by atoms with Gasteiger partial charge in [0.25, 0.3) is 0 Å². The molecular weight excluding hydrogens is 556 g/mol. The van der Waals surface area contributed by atoms with Crippen LogP contribution in [0.25, 0.3) is 22.3 Å². The summed E-state index contributed by atoms with van der Waals surface area (Å²) in [5.74, 6) is 0.232. The van der Waals surface area contributed by atoms with Gasteiger partial charge in [-0.25, -0.2) is 0 Å². The van der Waals surface area contributed by atoms with Gasteiger partial charge in [0.1, 0.15) is 0 Å². The van der Waals surface area contributed by atoms with E-state index in [-0.39, 0.29) is 5.92 Å². The molecule has 230 valence electrons. The Labute approximate surface area is 275 Å². The minimum Gasteiger partial charge on any atom is -0.264 e. The number of benzene rings is 4. The van der Waals surface area contributed by atoms with Crippen LogP contribution in [-0.4, -0.2) is 9.97 Å². The highest BCUT2D eigenvalue weighted by molar-refractivity contribution is 5.67. The highest BCUT2D eigenvalue weighted by Gasteiger charge is 2.44. The zero-order chi connectivity index (χ0) is 31.4. The fourth-order valence-electron chi connectivity index (χ4n) is 7.17. The van der Waals surface area contributed by atoms with Crippen molar-refractivity contribution in [3.63, 3.8) is 0 Å². The van der Waals surface area contributed by atoms with Crippen LogP contribution in [0.2, 0.25) is 0 Å². The van der Waals surface area contributed by atoms with E-state index >= 15 is 0 Å². The maximum Gasteiger partial charge on any atom is 0.0519 e. The minimum absolute atomic E-state index is 0.232. The van der Waals surface area contributed by atoms with E-state index in [9.17, 15) is 0 Å². The Hall–Kier alpha value is -4.82. The molecule has 1 unspecified atom stereocenters. The van der Waals surface area contributed by atoms with Crippen molar-refractivity contribution in [2.45, 2.75) is 63.2 Å². The van der Waals surface area contributed by atoms with Gasteiger partial charge < -0.3 is 0 Å². The Balaban J connectivity index is 1.54. The van der Waals surface area contributed by atoms with Crippen molar-refractivity contribution in [3.05, 3.63) is 181 Å². The van der Waals surface area contributed by atoms with Crippen LogP contribution in [-0.2, 0) is 5.41 Å². The molecule has 6 rings (SSSR count). The van der Waals surface area contributed by atoms with E-state index in [1.54, 1.807) is 0 Å². The van der Waals surface area contributed by atoms with Crippen molar-refractivity contribution in [2.24, 2.45) is 0 Å². The molecule has 0 bridgehead atoms. The van der Waals surface area contributed by atoms with Gasteiger partial charge in [-0.05, 0) is 63.1 Å². The molecule has 1 atom stereocenters. The van der Waals surface area contributed by atoms with Crippen molar-refractivity contribution < 1.29 is 0 Å². The molecule has 0 aliphatic heterocycles. The van der Waals surface area contributed by atoms with Gasteiger partial charge in [-0.15, -0.1) is 0 Å². The van der Waals surface area contributed by atoms with Crippen LogP contribution in [0.1, 0.15) is 80.0 Å². The van der Waals surface area contributed by atoms with E-state index in [4.69, 9.17) is 0 Å². The minimum atomic E-state index is -0.410. The van der Waals surface area contributed by atoms with Gasteiger partial charge in [0.15, 0.2) is 0 Å². The molecule has 0 spiro atoms. The smallest absolute Gasteiger partial charge is 0.0519 e. The number of pyridine rings is 2. The third kappa shape index (κ3) is 6.87. The maximum atomic E-state index is 4.38. The normalized spacial score (nSPS) is 12.1. The van der Waals surface area contributed by atoms with Gasteiger partial charge in [-0.2, -0.15) is 0 Å². The molecule has 0 saturated heterocycles. The summed E-state index contributed by atoms with van der Waals surface area (Å²) in [4.78, 5) is 8.77. The Morgan fingerprint density at radius 2 is 0.935 bits per heavy atom. The lowest BCUT2D eigenvalue weighted by molar-refractivity contribution is 0.428. The van der Waals surface area contributed by atoms with E-state index in [0.29, 0.717) is 0 Å². The fraction of sp³-hybridized carbons (Fsp3) is 0.227. The third-order valence-corrected chi connectivity index (χ3v) is 9.47. The molecule has 0 N–H and O–H groups in total. The molecule has 6 aromatic rings. The predicted octanol–water partition coefficient (Wildman–Crippen LogP) is 11.7.